The number of benzene rings is 1. The lowest BCUT2D eigenvalue weighted by Gasteiger charge is -2.44. The fourth-order valence-electron chi connectivity index (χ4n) is 3.83. The zero-order valence-electron chi connectivity index (χ0n) is 16.2. The van der Waals surface area contributed by atoms with Crippen molar-refractivity contribution in [1.29, 1.82) is 0 Å². The highest BCUT2D eigenvalue weighted by molar-refractivity contribution is 6.19. The number of amides is 1. The van der Waals surface area contributed by atoms with Crippen molar-refractivity contribution in [2.75, 3.05) is 6.61 Å². The van der Waals surface area contributed by atoms with Crippen molar-refractivity contribution in [1.82, 2.24) is 10.3 Å². The highest BCUT2D eigenvalue weighted by atomic mass is 19.1. The van der Waals surface area contributed by atoms with Crippen LogP contribution in [0, 0.1) is 11.6 Å². The van der Waals surface area contributed by atoms with Crippen molar-refractivity contribution in [3.8, 4) is 0 Å². The molecule has 3 heterocycles. The molecule has 0 aliphatic carbocycles. The summed E-state index contributed by atoms with van der Waals surface area (Å²) in [5.41, 5.74) is 3.79. The summed E-state index contributed by atoms with van der Waals surface area (Å²) in [6.07, 6.45) is 0.599. The van der Waals surface area contributed by atoms with E-state index in [2.05, 4.69) is 15.3 Å². The highest BCUT2D eigenvalue weighted by Gasteiger charge is 2.50. The van der Waals surface area contributed by atoms with E-state index in [9.17, 15) is 23.8 Å². The number of ether oxygens (including phenoxy) is 1. The summed E-state index contributed by atoms with van der Waals surface area (Å²) in [7, 11) is 0. The van der Waals surface area contributed by atoms with Gasteiger partial charge in [-0.2, -0.15) is 0 Å². The Morgan fingerprint density at radius 2 is 1.94 bits per heavy atom. The number of aliphatic hydroxyl groups is 2. The maximum absolute atomic E-state index is 14.9. The van der Waals surface area contributed by atoms with Crippen LogP contribution in [-0.4, -0.2) is 52.2 Å². The van der Waals surface area contributed by atoms with Gasteiger partial charge in [-0.05, 0) is 18.2 Å². The first-order valence-corrected chi connectivity index (χ1v) is 9.53. The Labute approximate surface area is 176 Å². The van der Waals surface area contributed by atoms with Crippen LogP contribution >= 0.6 is 0 Å². The lowest BCUT2D eigenvalue weighted by molar-refractivity contribution is -0.146. The fraction of sp³-hybridized carbons (Fsp3) is 0.286. The number of nitrogens with zero attached hydrogens (tertiary/aromatic N) is 2. The molecule has 1 saturated heterocycles. The van der Waals surface area contributed by atoms with Gasteiger partial charge in [-0.3, -0.25) is 14.8 Å². The van der Waals surface area contributed by atoms with Crippen LogP contribution in [-0.2, 0) is 15.2 Å². The molecule has 0 saturated carbocycles. The average Bonchev–Trinajstić information content (AvgIpc) is 2.76. The number of primary amides is 1. The number of rotatable bonds is 4. The maximum atomic E-state index is 14.9. The second-order valence-corrected chi connectivity index (χ2v) is 7.33. The molecule has 8 nitrogen and oxygen atoms in total. The van der Waals surface area contributed by atoms with E-state index >= 15 is 0 Å². The number of hydrogen-bond donors (Lipinski definition) is 4. The number of pyridine rings is 1. The van der Waals surface area contributed by atoms with Crippen LogP contribution in [0.1, 0.15) is 17.5 Å². The van der Waals surface area contributed by atoms with E-state index < -0.39 is 47.1 Å². The highest BCUT2D eigenvalue weighted by Crippen LogP contribution is 2.40. The Hall–Kier alpha value is -3.21. The molecule has 0 bridgehead atoms. The number of aliphatic hydroxyl groups excluding tert-OH is 2. The van der Waals surface area contributed by atoms with Gasteiger partial charge >= 0.3 is 0 Å². The zero-order valence-corrected chi connectivity index (χ0v) is 16.2. The topological polar surface area (TPSA) is 130 Å². The van der Waals surface area contributed by atoms with E-state index in [0.717, 1.165) is 12.1 Å². The van der Waals surface area contributed by atoms with Gasteiger partial charge in [0, 0.05) is 36.2 Å². The largest absolute Gasteiger partial charge is 0.390 e. The van der Waals surface area contributed by atoms with Gasteiger partial charge in [-0.25, -0.2) is 8.78 Å². The molecule has 1 aromatic heterocycles. The molecule has 5 N–H and O–H groups in total. The van der Waals surface area contributed by atoms with E-state index in [0.29, 0.717) is 5.56 Å². The number of halogens is 2. The zero-order chi connectivity index (χ0) is 22.2. The molecule has 162 valence electrons. The quantitative estimate of drug-likeness (QED) is 0.562. The summed E-state index contributed by atoms with van der Waals surface area (Å²) in [5, 5.41) is 22.8. The number of aromatic nitrogens is 1. The first-order chi connectivity index (χ1) is 14.8. The minimum absolute atomic E-state index is 0.144. The number of hydrogen-bond acceptors (Lipinski definition) is 7. The summed E-state index contributed by atoms with van der Waals surface area (Å²) in [5.74, 6) is -2.74. The van der Waals surface area contributed by atoms with Crippen molar-refractivity contribution in [3.05, 3.63) is 71.2 Å². The molecule has 1 amide bonds. The normalized spacial score (nSPS) is 28.3. The predicted molar refractivity (Wildman–Crippen MR) is 106 cm³/mol. The smallest absolute Gasteiger partial charge is 0.265 e. The minimum Gasteiger partial charge on any atom is -0.390 e. The summed E-state index contributed by atoms with van der Waals surface area (Å²) < 4.78 is 35.4. The second-order valence-electron chi connectivity index (χ2n) is 7.33. The van der Waals surface area contributed by atoms with Crippen molar-refractivity contribution < 1.29 is 28.5 Å². The molecule has 0 radical (unpaired) electrons. The molecule has 10 heteroatoms. The Morgan fingerprint density at radius 1 is 1.19 bits per heavy atom. The molecule has 4 atom stereocenters. The van der Waals surface area contributed by atoms with Crippen LogP contribution in [0.5, 0.6) is 0 Å². The number of allylic oxidation sites excluding steroid dienone is 1. The summed E-state index contributed by atoms with van der Waals surface area (Å²) in [4.78, 5) is 20.7. The predicted octanol–water partition coefficient (Wildman–Crippen LogP) is 0.594. The number of nitrogens with two attached hydrogens (primary N) is 1. The van der Waals surface area contributed by atoms with E-state index in [1.807, 2.05) is 0 Å². The van der Waals surface area contributed by atoms with Crippen molar-refractivity contribution >= 4 is 17.7 Å². The van der Waals surface area contributed by atoms with Gasteiger partial charge in [-0.15, -0.1) is 0 Å². The van der Waals surface area contributed by atoms with Gasteiger partial charge in [0.05, 0.1) is 18.3 Å². The van der Waals surface area contributed by atoms with Crippen molar-refractivity contribution in [2.24, 2.45) is 10.7 Å². The van der Waals surface area contributed by atoms with E-state index in [4.69, 9.17) is 10.5 Å². The Bertz CT molecular complexity index is 1040. The maximum Gasteiger partial charge on any atom is 0.265 e. The average molecular weight is 430 g/mol. The Kier molecular flexibility index (Phi) is 5.52. The molecule has 2 aromatic rings. The van der Waals surface area contributed by atoms with Gasteiger partial charge in [0.1, 0.15) is 29.5 Å². The minimum atomic E-state index is -1.95. The van der Waals surface area contributed by atoms with Gasteiger partial charge in [0.2, 0.25) is 0 Å². The lowest BCUT2D eigenvalue weighted by Crippen LogP contribution is -2.59. The van der Waals surface area contributed by atoms with Crippen LogP contribution in [0.25, 0.3) is 5.57 Å². The third kappa shape index (κ3) is 3.69. The van der Waals surface area contributed by atoms with Crippen LogP contribution < -0.4 is 11.1 Å². The van der Waals surface area contributed by atoms with Gasteiger partial charge in [0.15, 0.2) is 5.66 Å². The van der Waals surface area contributed by atoms with Crippen LogP contribution in [0.2, 0.25) is 0 Å². The first-order valence-electron chi connectivity index (χ1n) is 9.53. The van der Waals surface area contributed by atoms with Crippen LogP contribution in [0.15, 0.2) is 53.4 Å². The molecule has 2 aliphatic rings. The molecule has 1 aromatic carbocycles. The number of carbonyl (C=O) groups excluding carboxylic acids is 1. The number of nitrogens with one attached hydrogen (secondary N) is 1. The standard InChI is InChI=1S/C21H20F2N4O4/c22-13-4-1-5-14(23)18(13)21(17-7-15(28)16(29)10-31-17)26-9-12(19(27-21)20(24)30)11-3-2-6-25-8-11/h1-6,8-9,15-17,27-29H,7,10H2,(H2,24,30). The second kappa shape index (κ2) is 8.14. The summed E-state index contributed by atoms with van der Waals surface area (Å²) in [6.45, 7) is -0.286. The van der Waals surface area contributed by atoms with Crippen LogP contribution in [0.3, 0.4) is 0 Å². The van der Waals surface area contributed by atoms with E-state index in [-0.39, 0.29) is 24.3 Å². The monoisotopic (exact) mass is 430 g/mol. The van der Waals surface area contributed by atoms with Gasteiger partial charge < -0.3 is 26.0 Å². The van der Waals surface area contributed by atoms with Gasteiger partial charge in [-0.1, -0.05) is 12.1 Å². The van der Waals surface area contributed by atoms with Crippen molar-refractivity contribution in [3.63, 3.8) is 0 Å². The van der Waals surface area contributed by atoms with Crippen LogP contribution in [0.4, 0.5) is 8.78 Å². The molecule has 0 spiro atoms. The van der Waals surface area contributed by atoms with E-state index in [1.54, 1.807) is 18.3 Å². The molecular weight excluding hydrogens is 410 g/mol. The Morgan fingerprint density at radius 3 is 2.55 bits per heavy atom. The van der Waals surface area contributed by atoms with Gasteiger partial charge in [0.25, 0.3) is 5.91 Å². The molecule has 4 unspecified atom stereocenters. The lowest BCUT2D eigenvalue weighted by atomic mass is 9.85. The SMILES string of the molecule is NC(=O)C1=C(c2cccnc2)C=NC(c2c(F)cccc2F)(C2CC(O)C(O)CO2)N1. The number of aliphatic imine (C=N–C) groups is 1. The third-order valence-electron chi connectivity index (χ3n) is 5.38. The van der Waals surface area contributed by atoms with E-state index in [1.165, 1.54) is 18.5 Å². The third-order valence-corrected chi connectivity index (χ3v) is 5.38. The summed E-state index contributed by atoms with van der Waals surface area (Å²) >= 11 is 0. The Balaban J connectivity index is 1.89. The molecule has 2 aliphatic heterocycles. The first kappa shape index (κ1) is 21.0. The molecule has 4 rings (SSSR count). The fourth-order valence-corrected chi connectivity index (χ4v) is 3.83. The summed E-state index contributed by atoms with van der Waals surface area (Å²) in [6, 6.07) is 6.62. The number of carbonyl (C=O) groups is 1. The molecule has 1 fully saturated rings. The molecule has 31 heavy (non-hydrogen) atoms. The van der Waals surface area contributed by atoms with Crippen molar-refractivity contribution in [2.45, 2.75) is 30.4 Å². The molecular formula is C21H20F2N4O4.